The number of aliphatic imine (C=N–C) groups is 1. The molecule has 0 radical (unpaired) electrons. The average molecular weight is 212 g/mol. The van der Waals surface area contributed by atoms with Crippen molar-refractivity contribution < 1.29 is 4.79 Å². The number of nitrogens with zero attached hydrogens (tertiary/aromatic N) is 2. The Kier molecular flexibility index (Phi) is 3.94. The Morgan fingerprint density at radius 1 is 1.67 bits per heavy atom. The van der Waals surface area contributed by atoms with Crippen LogP contribution in [0, 0.1) is 0 Å². The van der Waals surface area contributed by atoms with E-state index in [1.807, 2.05) is 13.8 Å². The summed E-state index contributed by atoms with van der Waals surface area (Å²) in [6.07, 6.45) is 1.36. The fourth-order valence-electron chi connectivity index (χ4n) is 1.63. The summed E-state index contributed by atoms with van der Waals surface area (Å²) in [5.41, 5.74) is 5.72. The van der Waals surface area contributed by atoms with E-state index in [0.717, 1.165) is 6.42 Å². The van der Waals surface area contributed by atoms with Crippen molar-refractivity contribution in [1.82, 2.24) is 10.2 Å². The van der Waals surface area contributed by atoms with E-state index in [1.165, 1.54) is 0 Å². The first-order valence-electron chi connectivity index (χ1n) is 5.33. The highest BCUT2D eigenvalue weighted by atomic mass is 16.2. The fraction of sp³-hybridized carbons (Fsp3) is 0.800. The van der Waals surface area contributed by atoms with Crippen LogP contribution < -0.4 is 11.1 Å². The maximum absolute atomic E-state index is 11.2. The number of carbonyl (C=O) groups is 1. The molecule has 5 nitrogen and oxygen atoms in total. The van der Waals surface area contributed by atoms with Crippen LogP contribution in [-0.4, -0.2) is 42.4 Å². The number of piperidine rings is 1. The Morgan fingerprint density at radius 3 is 2.87 bits per heavy atom. The zero-order valence-electron chi connectivity index (χ0n) is 9.66. The number of likely N-dealkylation sites (N-methyl/N-ethyl adjacent to an activating group) is 1. The zero-order chi connectivity index (χ0) is 11.4. The second-order valence-electron chi connectivity index (χ2n) is 4.28. The lowest BCUT2D eigenvalue weighted by atomic mass is 10.1. The van der Waals surface area contributed by atoms with E-state index in [-0.39, 0.29) is 18.0 Å². The molecule has 0 aromatic rings. The van der Waals surface area contributed by atoms with Crippen LogP contribution in [0.2, 0.25) is 0 Å². The molecule has 0 aliphatic carbocycles. The van der Waals surface area contributed by atoms with Crippen LogP contribution in [0.3, 0.4) is 0 Å². The molecule has 1 unspecified atom stereocenters. The molecule has 1 aliphatic heterocycles. The van der Waals surface area contributed by atoms with Crippen molar-refractivity contribution >= 4 is 11.9 Å². The van der Waals surface area contributed by atoms with Gasteiger partial charge in [0, 0.05) is 26.1 Å². The molecule has 1 aliphatic rings. The fourth-order valence-corrected chi connectivity index (χ4v) is 1.63. The van der Waals surface area contributed by atoms with E-state index in [2.05, 4.69) is 10.3 Å². The Labute approximate surface area is 90.7 Å². The van der Waals surface area contributed by atoms with Crippen molar-refractivity contribution in [2.75, 3.05) is 13.6 Å². The highest BCUT2D eigenvalue weighted by Gasteiger charge is 2.22. The predicted octanol–water partition coefficient (Wildman–Crippen LogP) is -0.0801. The van der Waals surface area contributed by atoms with Crippen LogP contribution >= 0.6 is 0 Å². The van der Waals surface area contributed by atoms with Gasteiger partial charge in [-0.3, -0.25) is 4.79 Å². The third-order valence-electron chi connectivity index (χ3n) is 2.36. The number of amides is 1. The number of likely N-dealkylation sites (tertiary alicyclic amines) is 1. The van der Waals surface area contributed by atoms with Crippen LogP contribution in [-0.2, 0) is 4.79 Å². The number of hydrogen-bond acceptors (Lipinski definition) is 2. The summed E-state index contributed by atoms with van der Waals surface area (Å²) in [7, 11) is 1.80. The van der Waals surface area contributed by atoms with Gasteiger partial charge in [0.2, 0.25) is 5.91 Å². The molecule has 0 spiro atoms. The topological polar surface area (TPSA) is 70.7 Å². The second kappa shape index (κ2) is 5.00. The summed E-state index contributed by atoms with van der Waals surface area (Å²) in [6.45, 7) is 4.69. The van der Waals surface area contributed by atoms with Gasteiger partial charge < -0.3 is 16.0 Å². The Balaban J connectivity index is 2.48. The molecule has 5 heteroatoms. The molecule has 1 saturated heterocycles. The monoisotopic (exact) mass is 212 g/mol. The van der Waals surface area contributed by atoms with Crippen molar-refractivity contribution in [3.8, 4) is 0 Å². The Hall–Kier alpha value is -1.26. The molecular weight excluding hydrogens is 192 g/mol. The summed E-state index contributed by atoms with van der Waals surface area (Å²) >= 11 is 0. The normalized spacial score (nSPS) is 23.5. The minimum absolute atomic E-state index is 0.138. The van der Waals surface area contributed by atoms with Crippen LogP contribution in [0.25, 0.3) is 0 Å². The molecule has 86 valence electrons. The molecule has 1 amide bonds. The molecule has 0 aromatic carbocycles. The molecule has 1 rings (SSSR count). The average Bonchev–Trinajstić information content (AvgIpc) is 2.10. The Bertz CT molecular complexity index is 262. The van der Waals surface area contributed by atoms with Gasteiger partial charge in [0.25, 0.3) is 0 Å². The van der Waals surface area contributed by atoms with Crippen molar-refractivity contribution in [3.63, 3.8) is 0 Å². The maximum atomic E-state index is 11.2. The zero-order valence-corrected chi connectivity index (χ0v) is 9.66. The SMILES string of the molecule is CC(C)NC(N)=NC1CCC(=O)N(C)C1. The Morgan fingerprint density at radius 2 is 2.33 bits per heavy atom. The van der Waals surface area contributed by atoms with Gasteiger partial charge in [0.15, 0.2) is 5.96 Å². The highest BCUT2D eigenvalue weighted by molar-refractivity contribution is 5.79. The van der Waals surface area contributed by atoms with Crippen molar-refractivity contribution in [3.05, 3.63) is 0 Å². The van der Waals surface area contributed by atoms with Gasteiger partial charge in [0.05, 0.1) is 6.04 Å². The van der Waals surface area contributed by atoms with Crippen molar-refractivity contribution in [2.45, 2.75) is 38.8 Å². The lowest BCUT2D eigenvalue weighted by Crippen LogP contribution is -2.42. The quantitative estimate of drug-likeness (QED) is 0.497. The van der Waals surface area contributed by atoms with E-state index in [4.69, 9.17) is 5.73 Å². The van der Waals surface area contributed by atoms with E-state index < -0.39 is 0 Å². The summed E-state index contributed by atoms with van der Waals surface area (Å²) < 4.78 is 0. The van der Waals surface area contributed by atoms with Gasteiger partial charge in [-0.25, -0.2) is 4.99 Å². The number of nitrogens with two attached hydrogens (primary N) is 1. The van der Waals surface area contributed by atoms with Crippen LogP contribution in [0.5, 0.6) is 0 Å². The summed E-state index contributed by atoms with van der Waals surface area (Å²) in [6, 6.07) is 0.427. The maximum Gasteiger partial charge on any atom is 0.222 e. The molecule has 0 saturated carbocycles. The van der Waals surface area contributed by atoms with Crippen LogP contribution in [0.15, 0.2) is 4.99 Å². The second-order valence-corrected chi connectivity index (χ2v) is 4.28. The van der Waals surface area contributed by atoms with Gasteiger partial charge in [-0.2, -0.15) is 0 Å². The first-order valence-corrected chi connectivity index (χ1v) is 5.33. The van der Waals surface area contributed by atoms with E-state index in [1.54, 1.807) is 11.9 Å². The van der Waals surface area contributed by atoms with Gasteiger partial charge in [-0.1, -0.05) is 0 Å². The van der Waals surface area contributed by atoms with Gasteiger partial charge >= 0.3 is 0 Å². The number of nitrogens with one attached hydrogen (secondary N) is 1. The van der Waals surface area contributed by atoms with Gasteiger partial charge in [-0.05, 0) is 20.3 Å². The van der Waals surface area contributed by atoms with Crippen LogP contribution in [0.4, 0.5) is 0 Å². The van der Waals surface area contributed by atoms with E-state index in [0.29, 0.717) is 18.9 Å². The summed E-state index contributed by atoms with van der Waals surface area (Å²) in [5, 5.41) is 3.04. The largest absolute Gasteiger partial charge is 0.370 e. The highest BCUT2D eigenvalue weighted by Crippen LogP contribution is 2.12. The number of rotatable bonds is 2. The molecule has 1 heterocycles. The first-order chi connectivity index (χ1) is 6.99. The molecule has 3 N–H and O–H groups in total. The van der Waals surface area contributed by atoms with E-state index in [9.17, 15) is 4.79 Å². The van der Waals surface area contributed by atoms with Crippen LogP contribution in [0.1, 0.15) is 26.7 Å². The molecule has 15 heavy (non-hydrogen) atoms. The molecule has 0 aromatic heterocycles. The molecular formula is C10H20N4O. The van der Waals surface area contributed by atoms with E-state index >= 15 is 0 Å². The number of hydrogen-bond donors (Lipinski definition) is 2. The summed E-state index contributed by atoms with van der Waals surface area (Å²) in [5.74, 6) is 0.662. The van der Waals surface area contributed by atoms with Crippen molar-refractivity contribution in [1.29, 1.82) is 0 Å². The van der Waals surface area contributed by atoms with Gasteiger partial charge in [-0.15, -0.1) is 0 Å². The van der Waals surface area contributed by atoms with Gasteiger partial charge in [0.1, 0.15) is 0 Å². The smallest absolute Gasteiger partial charge is 0.222 e. The lowest BCUT2D eigenvalue weighted by molar-refractivity contribution is -0.132. The molecule has 1 atom stereocenters. The molecule has 1 fully saturated rings. The number of guanidine groups is 1. The predicted molar refractivity (Wildman–Crippen MR) is 60.6 cm³/mol. The number of carbonyl (C=O) groups excluding carboxylic acids is 1. The molecule has 0 bridgehead atoms. The summed E-state index contributed by atoms with van der Waals surface area (Å²) in [4.78, 5) is 17.3. The minimum Gasteiger partial charge on any atom is -0.370 e. The first kappa shape index (κ1) is 11.8. The lowest BCUT2D eigenvalue weighted by Gasteiger charge is -2.27. The third-order valence-corrected chi connectivity index (χ3v) is 2.36. The standard InChI is InChI=1S/C10H20N4O/c1-7(2)12-10(11)13-8-4-5-9(15)14(3)6-8/h7-8H,4-6H2,1-3H3,(H3,11,12,13). The minimum atomic E-state index is 0.138. The third kappa shape index (κ3) is 3.77. The van der Waals surface area contributed by atoms with Crippen molar-refractivity contribution in [2.24, 2.45) is 10.7 Å².